The standard InChI is InChI=1S/C15H17NO5S/c1-22(19,20)21-13-8-11(15(17)18)7-12-14(13)16(12)9-10-5-3-2-4-6-10/h2-7,12-14H,8-9H2,1H3,(H,17,18)/t12-,13-,14-,16?/m0/s1. The molecule has 2 aliphatic rings. The second-order valence-electron chi connectivity index (χ2n) is 5.68. The van der Waals surface area contributed by atoms with Crippen molar-refractivity contribution >= 4 is 16.1 Å². The van der Waals surface area contributed by atoms with Crippen molar-refractivity contribution in [3.8, 4) is 0 Å². The van der Waals surface area contributed by atoms with Crippen LogP contribution in [0.1, 0.15) is 12.0 Å². The number of benzene rings is 1. The topological polar surface area (TPSA) is 83.7 Å². The summed E-state index contributed by atoms with van der Waals surface area (Å²) in [4.78, 5) is 13.3. The van der Waals surface area contributed by atoms with Gasteiger partial charge in [0, 0.05) is 24.6 Å². The summed E-state index contributed by atoms with van der Waals surface area (Å²) in [5, 5.41) is 9.17. The molecule has 0 radical (unpaired) electrons. The minimum atomic E-state index is -3.62. The van der Waals surface area contributed by atoms with E-state index in [4.69, 9.17) is 4.18 Å². The van der Waals surface area contributed by atoms with E-state index in [2.05, 4.69) is 4.90 Å². The number of hydrogen-bond acceptors (Lipinski definition) is 5. The lowest BCUT2D eigenvalue weighted by Gasteiger charge is -2.18. The summed E-state index contributed by atoms with van der Waals surface area (Å²) in [5.74, 6) is -1.02. The highest BCUT2D eigenvalue weighted by Crippen LogP contribution is 2.42. The van der Waals surface area contributed by atoms with Crippen LogP contribution in [0.25, 0.3) is 0 Å². The van der Waals surface area contributed by atoms with E-state index in [9.17, 15) is 18.3 Å². The van der Waals surface area contributed by atoms with E-state index < -0.39 is 22.2 Å². The van der Waals surface area contributed by atoms with Gasteiger partial charge in [0.2, 0.25) is 0 Å². The lowest BCUT2D eigenvalue weighted by atomic mass is 9.97. The fourth-order valence-electron chi connectivity index (χ4n) is 3.04. The maximum Gasteiger partial charge on any atom is 0.331 e. The van der Waals surface area contributed by atoms with Crippen LogP contribution in [0.4, 0.5) is 0 Å². The monoisotopic (exact) mass is 323 g/mol. The van der Waals surface area contributed by atoms with Crippen LogP contribution in [0.5, 0.6) is 0 Å². The van der Waals surface area contributed by atoms with Crippen LogP contribution in [0.15, 0.2) is 42.0 Å². The molecule has 1 saturated heterocycles. The van der Waals surface area contributed by atoms with Crippen LogP contribution < -0.4 is 0 Å². The van der Waals surface area contributed by atoms with Crippen LogP contribution in [-0.2, 0) is 25.6 Å². The Kier molecular flexibility index (Phi) is 3.80. The number of carbonyl (C=O) groups is 1. The van der Waals surface area contributed by atoms with Crippen molar-refractivity contribution in [3.63, 3.8) is 0 Å². The molecule has 1 fully saturated rings. The number of carboxylic acid groups (broad SMARTS) is 1. The molecule has 1 aliphatic heterocycles. The Balaban J connectivity index is 1.80. The third-order valence-corrected chi connectivity index (χ3v) is 4.58. The lowest BCUT2D eigenvalue weighted by Crippen LogP contribution is -2.30. The number of fused-ring (bicyclic) bond motifs is 1. The average molecular weight is 323 g/mol. The Morgan fingerprint density at radius 2 is 2.05 bits per heavy atom. The second kappa shape index (κ2) is 5.49. The number of hydrogen-bond donors (Lipinski definition) is 1. The van der Waals surface area contributed by atoms with Gasteiger partial charge in [-0.3, -0.25) is 9.08 Å². The molecule has 0 bridgehead atoms. The number of aliphatic carboxylic acids is 1. The first-order valence-electron chi connectivity index (χ1n) is 6.97. The summed E-state index contributed by atoms with van der Waals surface area (Å²) in [7, 11) is -3.62. The fraction of sp³-hybridized carbons (Fsp3) is 0.400. The summed E-state index contributed by atoms with van der Waals surface area (Å²) < 4.78 is 27.9. The van der Waals surface area contributed by atoms with Crippen LogP contribution in [-0.4, -0.2) is 48.8 Å². The van der Waals surface area contributed by atoms with Gasteiger partial charge in [-0.05, 0) is 5.56 Å². The Hall–Kier alpha value is -1.70. The van der Waals surface area contributed by atoms with Crippen LogP contribution in [0.2, 0.25) is 0 Å². The Labute approximate surface area is 129 Å². The van der Waals surface area contributed by atoms with Gasteiger partial charge >= 0.3 is 5.97 Å². The molecule has 0 saturated carbocycles. The highest BCUT2D eigenvalue weighted by atomic mass is 32.2. The van der Waals surface area contributed by atoms with Gasteiger partial charge in [0.25, 0.3) is 10.1 Å². The molecule has 6 nitrogen and oxygen atoms in total. The summed E-state index contributed by atoms with van der Waals surface area (Å²) in [6.45, 7) is 0.642. The van der Waals surface area contributed by atoms with Crippen molar-refractivity contribution in [1.82, 2.24) is 4.90 Å². The molecule has 1 aromatic rings. The highest BCUT2D eigenvalue weighted by molar-refractivity contribution is 7.86. The third kappa shape index (κ3) is 3.21. The smallest absolute Gasteiger partial charge is 0.331 e. The first-order valence-corrected chi connectivity index (χ1v) is 8.79. The molecule has 1 heterocycles. The van der Waals surface area contributed by atoms with E-state index in [1.165, 1.54) is 0 Å². The number of rotatable bonds is 5. The van der Waals surface area contributed by atoms with Crippen LogP contribution in [0.3, 0.4) is 0 Å². The van der Waals surface area contributed by atoms with Gasteiger partial charge in [-0.2, -0.15) is 8.42 Å². The number of nitrogens with zero attached hydrogens (tertiary/aromatic N) is 1. The predicted octanol–water partition coefficient (Wildman–Crippen LogP) is 0.999. The zero-order chi connectivity index (χ0) is 15.9. The van der Waals surface area contributed by atoms with Gasteiger partial charge in [-0.1, -0.05) is 36.4 Å². The molecule has 118 valence electrons. The molecular formula is C15H17NO5S. The van der Waals surface area contributed by atoms with Gasteiger partial charge in [-0.15, -0.1) is 0 Å². The molecule has 1 aromatic carbocycles. The SMILES string of the molecule is CS(=O)(=O)O[C@H]1CC(C(=O)O)=C[C@H]2[C@@H]1N2Cc1ccccc1. The molecule has 0 amide bonds. The Morgan fingerprint density at radius 1 is 1.36 bits per heavy atom. The van der Waals surface area contributed by atoms with E-state index in [-0.39, 0.29) is 24.1 Å². The zero-order valence-corrected chi connectivity index (χ0v) is 12.9. The van der Waals surface area contributed by atoms with E-state index in [0.717, 1.165) is 11.8 Å². The van der Waals surface area contributed by atoms with Crippen molar-refractivity contribution < 1.29 is 22.5 Å². The quantitative estimate of drug-likeness (QED) is 0.643. The van der Waals surface area contributed by atoms with Gasteiger partial charge in [-0.25, -0.2) is 4.79 Å². The minimum Gasteiger partial charge on any atom is -0.478 e. The highest BCUT2D eigenvalue weighted by Gasteiger charge is 2.55. The average Bonchev–Trinajstić information content (AvgIpc) is 3.11. The van der Waals surface area contributed by atoms with Gasteiger partial charge in [0.1, 0.15) is 0 Å². The molecule has 1 unspecified atom stereocenters. The maximum absolute atomic E-state index is 11.4. The predicted molar refractivity (Wildman–Crippen MR) is 79.6 cm³/mol. The summed E-state index contributed by atoms with van der Waals surface area (Å²) in [5.41, 5.74) is 1.31. The molecule has 1 aliphatic carbocycles. The maximum atomic E-state index is 11.4. The van der Waals surface area contributed by atoms with Crippen molar-refractivity contribution in [1.29, 1.82) is 0 Å². The molecule has 3 rings (SSSR count). The first-order chi connectivity index (χ1) is 10.3. The Bertz CT molecular complexity index is 713. The first kappa shape index (κ1) is 15.2. The van der Waals surface area contributed by atoms with Crippen LogP contribution in [0, 0.1) is 0 Å². The Morgan fingerprint density at radius 3 is 2.64 bits per heavy atom. The summed E-state index contributed by atoms with van der Waals surface area (Å²) in [6, 6.07) is 9.61. The third-order valence-electron chi connectivity index (χ3n) is 3.98. The minimum absolute atomic E-state index is 0.0770. The number of carboxylic acids is 1. The summed E-state index contributed by atoms with van der Waals surface area (Å²) in [6.07, 6.45) is 2.16. The molecule has 7 heteroatoms. The molecule has 4 atom stereocenters. The van der Waals surface area contributed by atoms with Crippen molar-refractivity contribution in [2.75, 3.05) is 6.26 Å². The summed E-state index contributed by atoms with van der Waals surface area (Å²) >= 11 is 0. The van der Waals surface area contributed by atoms with Crippen molar-refractivity contribution in [2.45, 2.75) is 31.2 Å². The van der Waals surface area contributed by atoms with E-state index in [0.29, 0.717) is 6.54 Å². The fourth-order valence-corrected chi connectivity index (χ4v) is 3.67. The van der Waals surface area contributed by atoms with E-state index in [1.54, 1.807) is 6.08 Å². The van der Waals surface area contributed by atoms with E-state index in [1.807, 2.05) is 30.3 Å². The lowest BCUT2D eigenvalue weighted by molar-refractivity contribution is -0.133. The van der Waals surface area contributed by atoms with E-state index >= 15 is 0 Å². The zero-order valence-electron chi connectivity index (χ0n) is 12.0. The largest absolute Gasteiger partial charge is 0.478 e. The molecule has 0 aromatic heterocycles. The van der Waals surface area contributed by atoms with Crippen molar-refractivity contribution in [2.24, 2.45) is 0 Å². The van der Waals surface area contributed by atoms with Crippen LogP contribution >= 0.6 is 0 Å². The normalized spacial score (nSPS) is 30.3. The molecular weight excluding hydrogens is 306 g/mol. The van der Waals surface area contributed by atoms with Crippen molar-refractivity contribution in [3.05, 3.63) is 47.5 Å². The van der Waals surface area contributed by atoms with Gasteiger partial charge < -0.3 is 5.11 Å². The van der Waals surface area contributed by atoms with Gasteiger partial charge in [0.15, 0.2) is 0 Å². The second-order valence-corrected chi connectivity index (χ2v) is 7.28. The molecule has 1 N–H and O–H groups in total. The molecule has 0 spiro atoms. The molecule has 22 heavy (non-hydrogen) atoms. The van der Waals surface area contributed by atoms with Gasteiger partial charge in [0.05, 0.1) is 18.4 Å².